The van der Waals surface area contributed by atoms with Gasteiger partial charge in [0.05, 0.1) is 11.8 Å². The molecule has 2 aromatic rings. The number of fused-ring (bicyclic) bond motifs is 1. The van der Waals surface area contributed by atoms with Gasteiger partial charge in [0, 0.05) is 55.1 Å². The summed E-state index contributed by atoms with van der Waals surface area (Å²) in [5.74, 6) is -0.214. The van der Waals surface area contributed by atoms with Crippen LogP contribution in [0, 0.1) is 17.3 Å². The number of likely N-dealkylation sites (N-methyl/N-ethyl adjacent to an activating group) is 1. The molecule has 3 aliphatic rings. The van der Waals surface area contributed by atoms with E-state index in [0.717, 1.165) is 42.6 Å². The normalized spacial score (nSPS) is 24.2. The van der Waals surface area contributed by atoms with Crippen LogP contribution in [-0.2, 0) is 14.3 Å². The summed E-state index contributed by atoms with van der Waals surface area (Å²) in [4.78, 5) is 51.5. The summed E-state index contributed by atoms with van der Waals surface area (Å²) in [6.07, 6.45) is 0.407. The summed E-state index contributed by atoms with van der Waals surface area (Å²) in [6, 6.07) is 6.04. The van der Waals surface area contributed by atoms with E-state index in [9.17, 15) is 14.4 Å². The Kier molecular flexibility index (Phi) is 8.55. The van der Waals surface area contributed by atoms with Crippen molar-refractivity contribution in [3.63, 3.8) is 0 Å². The number of hydrogen-bond donors (Lipinski definition) is 1. The minimum atomic E-state index is -0.774. The van der Waals surface area contributed by atoms with Crippen LogP contribution in [0.4, 0.5) is 5.13 Å². The van der Waals surface area contributed by atoms with E-state index < -0.39 is 17.5 Å². The molecule has 10 heteroatoms. The zero-order valence-electron chi connectivity index (χ0n) is 25.1. The second-order valence-corrected chi connectivity index (χ2v) is 13.6. The Morgan fingerprint density at radius 1 is 1.15 bits per heavy atom. The van der Waals surface area contributed by atoms with Crippen molar-refractivity contribution >= 4 is 34.1 Å². The first-order valence-corrected chi connectivity index (χ1v) is 15.6. The molecule has 0 aliphatic carbocycles. The number of rotatable bonds is 8. The molecule has 0 radical (unpaired) electrons. The lowest BCUT2D eigenvalue weighted by atomic mass is 9.80. The minimum absolute atomic E-state index is 0.0404. The molecule has 1 aromatic heterocycles. The number of likely N-dealkylation sites (tertiary alicyclic amines) is 1. The van der Waals surface area contributed by atoms with Crippen molar-refractivity contribution in [1.82, 2.24) is 20.1 Å². The molecule has 4 heterocycles. The topological polar surface area (TPSA) is 95.1 Å². The lowest BCUT2D eigenvalue weighted by Crippen LogP contribution is -2.57. The van der Waals surface area contributed by atoms with Crippen molar-refractivity contribution in [2.24, 2.45) is 17.3 Å². The van der Waals surface area contributed by atoms with Gasteiger partial charge in [-0.1, -0.05) is 46.8 Å². The fraction of sp³-hybridized carbons (Fsp3) is 0.613. The van der Waals surface area contributed by atoms with Gasteiger partial charge in [-0.3, -0.25) is 14.4 Å². The van der Waals surface area contributed by atoms with Gasteiger partial charge in [-0.05, 0) is 36.9 Å². The Balaban J connectivity index is 1.31. The predicted molar refractivity (Wildman–Crippen MR) is 161 cm³/mol. The van der Waals surface area contributed by atoms with Crippen LogP contribution in [0.2, 0.25) is 0 Å². The number of amides is 2. The number of piperazine rings is 1. The molecule has 3 fully saturated rings. The highest BCUT2D eigenvalue weighted by Crippen LogP contribution is 2.38. The van der Waals surface area contributed by atoms with Gasteiger partial charge in [-0.2, -0.15) is 0 Å². The molecule has 2 amide bonds. The Labute approximate surface area is 247 Å². The molecule has 1 N–H and O–H groups in total. The standard InChI is InChI=1S/C31H43N5O4S/c1-7-31(4,5)27(29(39)36-16-22(19(2)3)26-25(36)24(37)17-40-26)33-28(38)21-10-8-20(9-11-21)23-18-41-30(32-23)35-14-12-34(6)13-15-35/h8-11,18-19,22,25-27H,7,12-17H2,1-6H3,(H,33,38)/t22-,25+,26+,27+/m0/s1. The Morgan fingerprint density at radius 2 is 1.83 bits per heavy atom. The van der Waals surface area contributed by atoms with Crippen LogP contribution < -0.4 is 10.2 Å². The fourth-order valence-corrected chi connectivity index (χ4v) is 6.91. The van der Waals surface area contributed by atoms with E-state index in [4.69, 9.17) is 9.72 Å². The highest BCUT2D eigenvalue weighted by molar-refractivity contribution is 7.14. The highest BCUT2D eigenvalue weighted by Gasteiger charge is 2.54. The lowest BCUT2D eigenvalue weighted by Gasteiger charge is -2.37. The first kappa shape index (κ1) is 29.7. The molecule has 222 valence electrons. The number of nitrogens with zero attached hydrogens (tertiary/aromatic N) is 4. The van der Waals surface area contributed by atoms with Gasteiger partial charge in [0.2, 0.25) is 5.91 Å². The number of hydrogen-bond acceptors (Lipinski definition) is 8. The van der Waals surface area contributed by atoms with Crippen molar-refractivity contribution < 1.29 is 19.1 Å². The summed E-state index contributed by atoms with van der Waals surface area (Å²) in [7, 11) is 2.14. The first-order valence-electron chi connectivity index (χ1n) is 14.7. The van der Waals surface area contributed by atoms with E-state index in [1.165, 1.54) is 0 Å². The summed E-state index contributed by atoms with van der Waals surface area (Å²) >= 11 is 1.64. The number of ketones is 1. The van der Waals surface area contributed by atoms with E-state index in [0.29, 0.717) is 18.5 Å². The maximum atomic E-state index is 14.1. The second kappa shape index (κ2) is 11.8. The van der Waals surface area contributed by atoms with E-state index >= 15 is 0 Å². The molecular formula is C31H43N5O4S. The third-order valence-electron chi connectivity index (χ3n) is 9.29. The van der Waals surface area contributed by atoms with Crippen LogP contribution in [0.15, 0.2) is 29.6 Å². The molecule has 3 aliphatic heterocycles. The Bertz CT molecular complexity index is 1270. The van der Waals surface area contributed by atoms with Gasteiger partial charge in [0.1, 0.15) is 18.7 Å². The molecule has 9 nitrogen and oxygen atoms in total. The molecule has 41 heavy (non-hydrogen) atoms. The third kappa shape index (κ3) is 5.92. The van der Waals surface area contributed by atoms with Crippen molar-refractivity contribution in [2.45, 2.75) is 59.2 Å². The minimum Gasteiger partial charge on any atom is -0.367 e. The van der Waals surface area contributed by atoms with Crippen LogP contribution in [0.5, 0.6) is 0 Å². The van der Waals surface area contributed by atoms with E-state index in [2.05, 4.69) is 41.4 Å². The highest BCUT2D eigenvalue weighted by atomic mass is 32.1. The average Bonchev–Trinajstić information content (AvgIpc) is 3.69. The zero-order chi connectivity index (χ0) is 29.5. The summed E-state index contributed by atoms with van der Waals surface area (Å²) in [5, 5.41) is 6.12. The summed E-state index contributed by atoms with van der Waals surface area (Å²) in [5.41, 5.74) is 1.80. The van der Waals surface area contributed by atoms with Gasteiger partial charge in [0.15, 0.2) is 10.9 Å². The van der Waals surface area contributed by atoms with E-state index in [1.807, 2.05) is 32.9 Å². The Morgan fingerprint density at radius 3 is 2.46 bits per heavy atom. The lowest BCUT2D eigenvalue weighted by molar-refractivity contribution is -0.140. The molecule has 0 saturated carbocycles. The zero-order valence-corrected chi connectivity index (χ0v) is 25.9. The number of nitrogens with one attached hydrogen (secondary N) is 1. The maximum absolute atomic E-state index is 14.1. The van der Waals surface area contributed by atoms with Crippen LogP contribution in [0.3, 0.4) is 0 Å². The maximum Gasteiger partial charge on any atom is 0.251 e. The second-order valence-electron chi connectivity index (χ2n) is 12.7. The van der Waals surface area contributed by atoms with Crippen molar-refractivity contribution in [2.75, 3.05) is 51.3 Å². The van der Waals surface area contributed by atoms with Crippen LogP contribution in [0.25, 0.3) is 11.3 Å². The summed E-state index contributed by atoms with van der Waals surface area (Å²) in [6.45, 7) is 14.7. The van der Waals surface area contributed by atoms with Crippen molar-refractivity contribution in [3.8, 4) is 11.3 Å². The number of Topliss-reactive ketones (excluding diaryl/α,β-unsaturated/α-hetero) is 1. The molecule has 3 saturated heterocycles. The van der Waals surface area contributed by atoms with E-state index in [1.54, 1.807) is 28.4 Å². The number of thiazole rings is 1. The Hall–Kier alpha value is -2.82. The van der Waals surface area contributed by atoms with Crippen molar-refractivity contribution in [1.29, 1.82) is 0 Å². The molecular weight excluding hydrogens is 538 g/mol. The molecule has 5 rings (SSSR count). The van der Waals surface area contributed by atoms with E-state index in [-0.39, 0.29) is 42.1 Å². The smallest absolute Gasteiger partial charge is 0.251 e. The number of benzene rings is 1. The number of anilines is 1. The molecule has 0 spiro atoms. The number of carbonyl (C=O) groups is 3. The molecule has 0 bridgehead atoms. The third-order valence-corrected chi connectivity index (χ3v) is 10.2. The largest absolute Gasteiger partial charge is 0.367 e. The van der Waals surface area contributed by atoms with Gasteiger partial charge in [-0.25, -0.2) is 4.98 Å². The monoisotopic (exact) mass is 581 g/mol. The predicted octanol–water partition coefficient (Wildman–Crippen LogP) is 3.55. The van der Waals surface area contributed by atoms with Gasteiger partial charge in [0.25, 0.3) is 5.91 Å². The summed E-state index contributed by atoms with van der Waals surface area (Å²) < 4.78 is 5.83. The van der Waals surface area contributed by atoms with Crippen molar-refractivity contribution in [3.05, 3.63) is 35.2 Å². The van der Waals surface area contributed by atoms with Gasteiger partial charge < -0.3 is 24.8 Å². The van der Waals surface area contributed by atoms with Gasteiger partial charge >= 0.3 is 0 Å². The van der Waals surface area contributed by atoms with Crippen LogP contribution in [0.1, 0.15) is 51.4 Å². The number of ether oxygens (including phenoxy) is 1. The number of carbonyl (C=O) groups excluding carboxylic acids is 3. The number of aromatic nitrogens is 1. The quantitative estimate of drug-likeness (QED) is 0.510. The fourth-order valence-electron chi connectivity index (χ4n) is 6.02. The first-order chi connectivity index (χ1) is 19.5. The van der Waals surface area contributed by atoms with Gasteiger partial charge in [-0.15, -0.1) is 11.3 Å². The molecule has 1 aromatic carbocycles. The molecule has 4 atom stereocenters. The van der Waals surface area contributed by atoms with Crippen LogP contribution >= 0.6 is 11.3 Å². The van der Waals surface area contributed by atoms with Crippen LogP contribution in [-0.4, -0.2) is 96.9 Å². The molecule has 0 unspecified atom stereocenters. The SMILES string of the molecule is CCC(C)(C)[C@H](NC(=O)c1ccc(-c2csc(N3CCN(C)CC3)n2)cc1)C(=O)N1C[C@@H](C(C)C)[C@H]2OCC(=O)[C@H]21. The average molecular weight is 582 g/mol.